The largest absolute Gasteiger partial charge is 0.331 e. The van der Waals surface area contributed by atoms with E-state index in [0.717, 1.165) is 43.4 Å². The van der Waals surface area contributed by atoms with Crippen LogP contribution in [-0.2, 0) is 13.1 Å². The van der Waals surface area contributed by atoms with Gasteiger partial charge in [0.15, 0.2) is 0 Å². The van der Waals surface area contributed by atoms with Crippen LogP contribution in [0.4, 0.5) is 8.78 Å². The highest BCUT2D eigenvalue weighted by Gasteiger charge is 2.28. The Hall–Kier alpha value is -1.98. The number of carbonyl (C=O) groups is 1. The number of benzene rings is 2. The number of rotatable bonds is 5. The highest BCUT2D eigenvalue weighted by molar-refractivity contribution is 5.94. The summed E-state index contributed by atoms with van der Waals surface area (Å²) in [6.45, 7) is 0.487. The summed E-state index contributed by atoms with van der Waals surface area (Å²) in [4.78, 5) is 14.7. The molecule has 0 aromatic heterocycles. The van der Waals surface area contributed by atoms with E-state index in [1.165, 1.54) is 6.07 Å². The van der Waals surface area contributed by atoms with Gasteiger partial charge < -0.3 is 10.6 Å². The molecule has 0 radical (unpaired) electrons. The van der Waals surface area contributed by atoms with Gasteiger partial charge in [0, 0.05) is 30.3 Å². The molecule has 2 aromatic rings. The summed E-state index contributed by atoms with van der Waals surface area (Å²) in [5, 5.41) is 0. The molecule has 2 aromatic carbocycles. The molecule has 0 bridgehead atoms. The van der Waals surface area contributed by atoms with Crippen LogP contribution in [0, 0.1) is 11.6 Å². The van der Waals surface area contributed by atoms with Gasteiger partial charge in [-0.05, 0) is 48.7 Å². The fourth-order valence-corrected chi connectivity index (χ4v) is 3.38. The maximum Gasteiger partial charge on any atom is 0.254 e. The highest BCUT2D eigenvalue weighted by atomic mass is 35.5. The summed E-state index contributed by atoms with van der Waals surface area (Å²) < 4.78 is 27.6. The first-order chi connectivity index (χ1) is 12.1. The third-order valence-corrected chi connectivity index (χ3v) is 4.81. The molecule has 26 heavy (non-hydrogen) atoms. The highest BCUT2D eigenvalue weighted by Crippen LogP contribution is 2.27. The lowest BCUT2D eigenvalue weighted by molar-refractivity contribution is 0.0662. The van der Waals surface area contributed by atoms with Gasteiger partial charge in [-0.15, -0.1) is 12.4 Å². The van der Waals surface area contributed by atoms with E-state index in [9.17, 15) is 13.6 Å². The lowest BCUT2D eigenvalue weighted by atomic mass is 10.1. The van der Waals surface area contributed by atoms with Crippen molar-refractivity contribution in [2.24, 2.45) is 5.73 Å². The van der Waals surface area contributed by atoms with E-state index in [1.807, 2.05) is 12.1 Å². The van der Waals surface area contributed by atoms with E-state index in [1.54, 1.807) is 17.0 Å². The number of nitrogens with zero attached hydrogens (tertiary/aromatic N) is 1. The predicted molar refractivity (Wildman–Crippen MR) is 100 cm³/mol. The molecule has 140 valence electrons. The summed E-state index contributed by atoms with van der Waals surface area (Å²) in [7, 11) is 0. The van der Waals surface area contributed by atoms with Crippen LogP contribution in [0.25, 0.3) is 0 Å². The maximum atomic E-state index is 14.1. The average molecular weight is 381 g/mol. The molecule has 1 saturated carbocycles. The molecular weight excluding hydrogens is 358 g/mol. The molecule has 0 heterocycles. The van der Waals surface area contributed by atoms with Crippen molar-refractivity contribution in [1.29, 1.82) is 0 Å². The molecule has 0 aliphatic heterocycles. The molecule has 0 saturated heterocycles. The van der Waals surface area contributed by atoms with Gasteiger partial charge in [-0.25, -0.2) is 8.78 Å². The van der Waals surface area contributed by atoms with Gasteiger partial charge in [0.25, 0.3) is 5.91 Å². The summed E-state index contributed by atoms with van der Waals surface area (Å²) in [6, 6.07) is 10.6. The number of nitrogens with two attached hydrogens (primary N) is 1. The molecule has 1 aliphatic rings. The fourth-order valence-electron chi connectivity index (χ4n) is 3.38. The second-order valence-electron chi connectivity index (χ2n) is 6.51. The lowest BCUT2D eigenvalue weighted by Crippen LogP contribution is -2.38. The number of amides is 1. The zero-order chi connectivity index (χ0) is 17.8. The van der Waals surface area contributed by atoms with Gasteiger partial charge in [-0.2, -0.15) is 0 Å². The van der Waals surface area contributed by atoms with Crippen LogP contribution in [-0.4, -0.2) is 16.8 Å². The van der Waals surface area contributed by atoms with Crippen molar-refractivity contribution in [3.63, 3.8) is 0 Å². The van der Waals surface area contributed by atoms with Crippen LogP contribution in [0.2, 0.25) is 0 Å². The van der Waals surface area contributed by atoms with Crippen LogP contribution in [0.5, 0.6) is 0 Å². The van der Waals surface area contributed by atoms with Crippen molar-refractivity contribution >= 4 is 18.3 Å². The summed E-state index contributed by atoms with van der Waals surface area (Å²) in [5.74, 6) is -1.14. The molecule has 3 nitrogen and oxygen atoms in total. The summed E-state index contributed by atoms with van der Waals surface area (Å²) in [6.07, 6.45) is 3.88. The van der Waals surface area contributed by atoms with Crippen molar-refractivity contribution in [2.45, 2.75) is 44.8 Å². The first-order valence-electron chi connectivity index (χ1n) is 8.62. The Labute approximate surface area is 158 Å². The van der Waals surface area contributed by atoms with Gasteiger partial charge in [0.05, 0.1) is 0 Å². The van der Waals surface area contributed by atoms with Crippen LogP contribution in [0.15, 0.2) is 42.5 Å². The Balaban J connectivity index is 0.00000243. The van der Waals surface area contributed by atoms with Crippen molar-refractivity contribution in [1.82, 2.24) is 4.90 Å². The van der Waals surface area contributed by atoms with E-state index in [4.69, 9.17) is 5.73 Å². The number of carbonyl (C=O) groups excluding carboxylic acids is 1. The van der Waals surface area contributed by atoms with E-state index in [0.29, 0.717) is 12.1 Å². The number of hydrogen-bond acceptors (Lipinski definition) is 2. The molecule has 1 fully saturated rings. The third kappa shape index (κ3) is 4.59. The Morgan fingerprint density at radius 2 is 1.73 bits per heavy atom. The monoisotopic (exact) mass is 380 g/mol. The average Bonchev–Trinajstić information content (AvgIpc) is 3.16. The SMILES string of the molecule is Cl.NCc1ccc(C(=O)N(Cc2cc(F)ccc2F)C2CCCC2)cc1. The summed E-state index contributed by atoms with van der Waals surface area (Å²) >= 11 is 0. The van der Waals surface area contributed by atoms with Crippen LogP contribution >= 0.6 is 12.4 Å². The molecule has 1 amide bonds. The fraction of sp³-hybridized carbons (Fsp3) is 0.350. The third-order valence-electron chi connectivity index (χ3n) is 4.81. The lowest BCUT2D eigenvalue weighted by Gasteiger charge is -2.29. The number of hydrogen-bond donors (Lipinski definition) is 1. The predicted octanol–water partition coefficient (Wildman–Crippen LogP) is 4.43. The molecule has 0 unspecified atom stereocenters. The normalized spacial score (nSPS) is 14.1. The topological polar surface area (TPSA) is 46.3 Å². The standard InChI is InChI=1S/C20H22F2N2O.ClH/c21-17-9-10-19(22)16(11-17)13-24(18-3-1-2-4-18)20(25)15-7-5-14(12-23)6-8-15;/h5-11,18H,1-4,12-13,23H2;1H. The molecular formula is C20H23ClF2N2O. The van der Waals surface area contributed by atoms with Crippen LogP contribution in [0.3, 0.4) is 0 Å². The van der Waals surface area contributed by atoms with Gasteiger partial charge in [-0.1, -0.05) is 25.0 Å². The first kappa shape index (κ1) is 20.3. The Kier molecular flexibility index (Phi) is 7.12. The van der Waals surface area contributed by atoms with Crippen molar-refractivity contribution < 1.29 is 13.6 Å². The first-order valence-corrected chi connectivity index (χ1v) is 8.62. The number of halogens is 3. The van der Waals surface area contributed by atoms with Gasteiger partial charge in [0.2, 0.25) is 0 Å². The van der Waals surface area contributed by atoms with Gasteiger partial charge in [-0.3, -0.25) is 4.79 Å². The van der Waals surface area contributed by atoms with Crippen LogP contribution < -0.4 is 5.73 Å². The van der Waals surface area contributed by atoms with Crippen molar-refractivity contribution in [2.75, 3.05) is 0 Å². The van der Waals surface area contributed by atoms with Crippen molar-refractivity contribution in [3.05, 3.63) is 70.8 Å². The zero-order valence-corrected chi connectivity index (χ0v) is 15.3. The van der Waals surface area contributed by atoms with E-state index in [-0.39, 0.29) is 36.5 Å². The molecule has 3 rings (SSSR count). The minimum atomic E-state index is -0.498. The Morgan fingerprint density at radius 1 is 1.08 bits per heavy atom. The summed E-state index contributed by atoms with van der Waals surface area (Å²) in [5.41, 5.74) is 7.29. The van der Waals surface area contributed by atoms with Crippen LogP contribution in [0.1, 0.15) is 47.2 Å². The minimum absolute atomic E-state index is 0. The smallest absolute Gasteiger partial charge is 0.254 e. The van der Waals surface area contributed by atoms with Crippen molar-refractivity contribution in [3.8, 4) is 0 Å². The molecule has 0 spiro atoms. The molecule has 1 aliphatic carbocycles. The molecule has 2 N–H and O–H groups in total. The van der Waals surface area contributed by atoms with E-state index >= 15 is 0 Å². The second kappa shape index (κ2) is 9.10. The van der Waals surface area contributed by atoms with Gasteiger partial charge >= 0.3 is 0 Å². The van der Waals surface area contributed by atoms with Gasteiger partial charge in [0.1, 0.15) is 11.6 Å². The Morgan fingerprint density at radius 3 is 2.35 bits per heavy atom. The minimum Gasteiger partial charge on any atom is -0.331 e. The zero-order valence-electron chi connectivity index (χ0n) is 14.5. The quantitative estimate of drug-likeness (QED) is 0.834. The molecule has 0 atom stereocenters. The Bertz CT molecular complexity index is 746. The maximum absolute atomic E-state index is 14.1. The molecule has 6 heteroatoms. The van der Waals surface area contributed by atoms with E-state index < -0.39 is 11.6 Å². The van der Waals surface area contributed by atoms with E-state index in [2.05, 4.69) is 0 Å². The second-order valence-corrected chi connectivity index (χ2v) is 6.51.